The average molecular weight is 191 g/mol. The van der Waals surface area contributed by atoms with Gasteiger partial charge in [0.1, 0.15) is 0 Å². The van der Waals surface area contributed by atoms with Crippen LogP contribution in [0.2, 0.25) is 0 Å². The second-order valence-electron chi connectivity index (χ2n) is 3.67. The van der Waals surface area contributed by atoms with Crippen LogP contribution in [-0.2, 0) is 0 Å². The Labute approximate surface area is 83.1 Å². The van der Waals surface area contributed by atoms with E-state index in [1.54, 1.807) is 18.3 Å². The lowest BCUT2D eigenvalue weighted by molar-refractivity contribution is 0.101. The van der Waals surface area contributed by atoms with Crippen molar-refractivity contribution in [1.29, 1.82) is 0 Å². The van der Waals surface area contributed by atoms with Crippen LogP contribution in [0.15, 0.2) is 18.3 Å². The van der Waals surface area contributed by atoms with E-state index in [1.807, 2.05) is 0 Å². The Morgan fingerprint density at radius 2 is 2.43 bits per heavy atom. The average Bonchev–Trinajstić information content (AvgIpc) is 2.98. The fourth-order valence-corrected chi connectivity index (χ4v) is 1.26. The number of hydrogen-bond acceptors (Lipinski definition) is 3. The van der Waals surface area contributed by atoms with Crippen molar-refractivity contribution in [2.24, 2.45) is 5.92 Å². The first-order valence-corrected chi connectivity index (χ1v) is 4.86. The molecule has 0 spiro atoms. The van der Waals surface area contributed by atoms with E-state index >= 15 is 0 Å². The molecule has 0 aliphatic heterocycles. The summed E-state index contributed by atoms with van der Waals surface area (Å²) in [5, 5.41) is 0. The van der Waals surface area contributed by atoms with Crippen LogP contribution in [0.5, 0.6) is 5.88 Å². The van der Waals surface area contributed by atoms with Crippen molar-refractivity contribution in [2.45, 2.75) is 19.8 Å². The molecule has 1 aliphatic carbocycles. The van der Waals surface area contributed by atoms with Gasteiger partial charge in [-0.05, 0) is 37.8 Å². The molecule has 2 rings (SSSR count). The van der Waals surface area contributed by atoms with Crippen LogP contribution in [0.1, 0.15) is 30.1 Å². The van der Waals surface area contributed by atoms with Crippen molar-refractivity contribution < 1.29 is 9.53 Å². The molecule has 1 saturated carbocycles. The molecule has 0 N–H and O–H groups in total. The fraction of sp³-hybridized carbons (Fsp3) is 0.455. The number of carbonyl (C=O) groups is 1. The lowest BCUT2D eigenvalue weighted by Crippen LogP contribution is -2.05. The van der Waals surface area contributed by atoms with Gasteiger partial charge in [0.25, 0.3) is 0 Å². The zero-order valence-corrected chi connectivity index (χ0v) is 8.19. The van der Waals surface area contributed by atoms with Gasteiger partial charge < -0.3 is 4.74 Å². The summed E-state index contributed by atoms with van der Waals surface area (Å²) in [7, 11) is 0. The first-order valence-electron chi connectivity index (χ1n) is 4.86. The number of rotatable bonds is 4. The van der Waals surface area contributed by atoms with Crippen molar-refractivity contribution in [2.75, 3.05) is 6.61 Å². The molecule has 0 unspecified atom stereocenters. The Bertz CT molecular complexity index is 345. The van der Waals surface area contributed by atoms with Crippen LogP contribution >= 0.6 is 0 Å². The van der Waals surface area contributed by atoms with Gasteiger partial charge >= 0.3 is 0 Å². The molecule has 1 heterocycles. The summed E-state index contributed by atoms with van der Waals surface area (Å²) in [4.78, 5) is 15.3. The maximum Gasteiger partial charge on any atom is 0.224 e. The molecule has 1 aliphatic rings. The Kier molecular flexibility index (Phi) is 2.48. The van der Waals surface area contributed by atoms with Gasteiger partial charge in [0.15, 0.2) is 5.78 Å². The van der Waals surface area contributed by atoms with E-state index in [4.69, 9.17) is 4.74 Å². The minimum atomic E-state index is 0.00361. The third-order valence-electron chi connectivity index (χ3n) is 2.30. The van der Waals surface area contributed by atoms with Crippen LogP contribution < -0.4 is 4.74 Å². The predicted molar refractivity (Wildman–Crippen MR) is 52.5 cm³/mol. The fourth-order valence-electron chi connectivity index (χ4n) is 1.26. The maximum absolute atomic E-state index is 11.2. The highest BCUT2D eigenvalue weighted by Gasteiger charge is 2.22. The van der Waals surface area contributed by atoms with Gasteiger partial charge in [0.05, 0.1) is 12.2 Å². The summed E-state index contributed by atoms with van der Waals surface area (Å²) in [5.74, 6) is 1.16. The number of Topliss-reactive ketones (excluding diaryl/α,β-unsaturated/α-hetero) is 1. The van der Waals surface area contributed by atoms with Gasteiger partial charge in [0, 0.05) is 6.20 Å². The molecule has 0 atom stereocenters. The van der Waals surface area contributed by atoms with E-state index in [0.29, 0.717) is 24.0 Å². The van der Waals surface area contributed by atoms with Gasteiger partial charge in [-0.1, -0.05) is 0 Å². The molecule has 0 aromatic carbocycles. The van der Waals surface area contributed by atoms with E-state index in [9.17, 15) is 4.79 Å². The molecule has 0 saturated heterocycles. The molecular weight excluding hydrogens is 178 g/mol. The highest BCUT2D eigenvalue weighted by Crippen LogP contribution is 2.29. The Balaban J connectivity index is 2.09. The van der Waals surface area contributed by atoms with Crippen molar-refractivity contribution in [1.82, 2.24) is 4.98 Å². The Morgan fingerprint density at radius 3 is 3.07 bits per heavy atom. The quantitative estimate of drug-likeness (QED) is 0.684. The van der Waals surface area contributed by atoms with E-state index in [1.165, 1.54) is 19.8 Å². The second-order valence-corrected chi connectivity index (χ2v) is 3.67. The van der Waals surface area contributed by atoms with Gasteiger partial charge in [-0.2, -0.15) is 0 Å². The number of nitrogens with zero attached hydrogens (tertiary/aromatic N) is 1. The molecule has 3 nitrogen and oxygen atoms in total. The van der Waals surface area contributed by atoms with Crippen LogP contribution in [0, 0.1) is 5.92 Å². The standard InChI is InChI=1S/C11H13NO2/c1-8(13)10-3-2-6-12-11(10)14-7-9-4-5-9/h2-3,6,9H,4-5,7H2,1H3. The number of carbonyl (C=O) groups excluding carboxylic acids is 1. The van der Waals surface area contributed by atoms with E-state index in [0.717, 1.165) is 0 Å². The molecule has 3 heteroatoms. The van der Waals surface area contributed by atoms with Crippen molar-refractivity contribution in [3.8, 4) is 5.88 Å². The molecule has 74 valence electrons. The third-order valence-corrected chi connectivity index (χ3v) is 2.30. The lowest BCUT2D eigenvalue weighted by Gasteiger charge is -2.06. The molecule has 1 aromatic heterocycles. The Morgan fingerprint density at radius 1 is 1.64 bits per heavy atom. The highest BCUT2D eigenvalue weighted by molar-refractivity contribution is 5.96. The lowest BCUT2D eigenvalue weighted by atomic mass is 10.2. The summed E-state index contributed by atoms with van der Waals surface area (Å²) in [5.41, 5.74) is 0.577. The van der Waals surface area contributed by atoms with Crippen LogP contribution in [0.3, 0.4) is 0 Å². The summed E-state index contributed by atoms with van der Waals surface area (Å²) >= 11 is 0. The first kappa shape index (κ1) is 9.19. The highest BCUT2D eigenvalue weighted by atomic mass is 16.5. The number of hydrogen-bond donors (Lipinski definition) is 0. The smallest absolute Gasteiger partial charge is 0.224 e. The van der Waals surface area contributed by atoms with Crippen molar-refractivity contribution in [3.05, 3.63) is 23.9 Å². The molecule has 1 fully saturated rings. The zero-order valence-electron chi connectivity index (χ0n) is 8.19. The van der Waals surface area contributed by atoms with E-state index < -0.39 is 0 Å². The second kappa shape index (κ2) is 3.78. The normalized spacial score (nSPS) is 15.2. The molecule has 0 bridgehead atoms. The minimum Gasteiger partial charge on any atom is -0.477 e. The number of ketones is 1. The topological polar surface area (TPSA) is 39.2 Å². The first-order chi connectivity index (χ1) is 6.77. The summed E-state index contributed by atoms with van der Waals surface area (Å²) < 4.78 is 5.49. The molecule has 14 heavy (non-hydrogen) atoms. The third kappa shape index (κ3) is 2.10. The van der Waals surface area contributed by atoms with Crippen LogP contribution in [-0.4, -0.2) is 17.4 Å². The molecule has 1 aromatic rings. The predicted octanol–water partition coefficient (Wildman–Crippen LogP) is 2.07. The van der Waals surface area contributed by atoms with Crippen LogP contribution in [0.25, 0.3) is 0 Å². The SMILES string of the molecule is CC(=O)c1cccnc1OCC1CC1. The van der Waals surface area contributed by atoms with E-state index in [2.05, 4.69) is 4.98 Å². The van der Waals surface area contributed by atoms with Gasteiger partial charge in [-0.3, -0.25) is 4.79 Å². The maximum atomic E-state index is 11.2. The largest absolute Gasteiger partial charge is 0.477 e. The van der Waals surface area contributed by atoms with Crippen molar-refractivity contribution >= 4 is 5.78 Å². The molecular formula is C11H13NO2. The van der Waals surface area contributed by atoms with E-state index in [-0.39, 0.29) is 5.78 Å². The Hall–Kier alpha value is -1.38. The zero-order chi connectivity index (χ0) is 9.97. The summed E-state index contributed by atoms with van der Waals surface area (Å²) in [6.07, 6.45) is 4.12. The minimum absolute atomic E-state index is 0.00361. The summed E-state index contributed by atoms with van der Waals surface area (Å²) in [6, 6.07) is 3.50. The molecule has 0 radical (unpaired) electrons. The number of pyridine rings is 1. The van der Waals surface area contributed by atoms with Crippen molar-refractivity contribution in [3.63, 3.8) is 0 Å². The number of aromatic nitrogens is 1. The van der Waals surface area contributed by atoms with Gasteiger partial charge in [0.2, 0.25) is 5.88 Å². The van der Waals surface area contributed by atoms with Gasteiger partial charge in [-0.15, -0.1) is 0 Å². The monoisotopic (exact) mass is 191 g/mol. The summed E-state index contributed by atoms with van der Waals surface area (Å²) in [6.45, 7) is 2.22. The van der Waals surface area contributed by atoms with Gasteiger partial charge in [-0.25, -0.2) is 4.98 Å². The van der Waals surface area contributed by atoms with Crippen LogP contribution in [0.4, 0.5) is 0 Å². The molecule has 0 amide bonds. The number of ether oxygens (including phenoxy) is 1.